The maximum Gasteiger partial charge on any atom is 0.341 e. The lowest BCUT2D eigenvalue weighted by Crippen LogP contribution is -2.30. The highest BCUT2D eigenvalue weighted by Crippen LogP contribution is 2.36. The Morgan fingerprint density at radius 1 is 1.07 bits per heavy atom. The van der Waals surface area contributed by atoms with E-state index in [0.717, 1.165) is 22.3 Å². The molecule has 0 aliphatic heterocycles. The van der Waals surface area contributed by atoms with E-state index in [1.807, 2.05) is 67.8 Å². The molecule has 2 aromatic carbocycles. The molecule has 0 saturated carbocycles. The number of benzene rings is 2. The molecule has 1 aromatic heterocycles. The molecule has 0 radical (unpaired) electrons. The third kappa shape index (κ3) is 5.07. The molecule has 1 N–H and O–H groups in total. The van der Waals surface area contributed by atoms with Gasteiger partial charge in [-0.2, -0.15) is 0 Å². The molecule has 1 heterocycles. The van der Waals surface area contributed by atoms with Crippen LogP contribution >= 0.6 is 11.3 Å². The molecule has 0 fully saturated rings. The van der Waals surface area contributed by atoms with Gasteiger partial charge in [0.25, 0.3) is 5.91 Å². The van der Waals surface area contributed by atoms with Crippen LogP contribution in [0, 0.1) is 13.8 Å². The van der Waals surface area contributed by atoms with Crippen molar-refractivity contribution in [3.8, 4) is 16.9 Å². The van der Waals surface area contributed by atoms with Crippen molar-refractivity contribution in [2.24, 2.45) is 0 Å². The predicted molar refractivity (Wildman–Crippen MR) is 120 cm³/mol. The molecule has 3 rings (SSSR count). The quantitative estimate of drug-likeness (QED) is 0.501. The topological polar surface area (TPSA) is 64.6 Å². The van der Waals surface area contributed by atoms with Crippen LogP contribution in [0.2, 0.25) is 0 Å². The van der Waals surface area contributed by atoms with Crippen LogP contribution < -0.4 is 10.1 Å². The molecule has 6 heteroatoms. The summed E-state index contributed by atoms with van der Waals surface area (Å²) in [6, 6.07) is 15.4. The van der Waals surface area contributed by atoms with Gasteiger partial charge in [-0.1, -0.05) is 36.4 Å². The van der Waals surface area contributed by atoms with E-state index in [4.69, 9.17) is 9.47 Å². The first-order valence-corrected chi connectivity index (χ1v) is 10.7. The van der Waals surface area contributed by atoms with Gasteiger partial charge in [0.15, 0.2) is 6.10 Å². The van der Waals surface area contributed by atoms with Crippen LogP contribution in [-0.4, -0.2) is 24.6 Å². The number of amides is 1. The van der Waals surface area contributed by atoms with Crippen molar-refractivity contribution in [3.63, 3.8) is 0 Å². The number of rotatable bonds is 7. The molecule has 5 nitrogen and oxygen atoms in total. The standard InChI is InChI=1S/C24H25NO4S/c1-5-28-24(27)21-20(18-9-7-6-8-10-18)14-30-23(21)25-22(26)17(4)29-19-12-15(2)11-16(3)13-19/h6-14,17H,5H2,1-4H3,(H,25,26). The minimum Gasteiger partial charge on any atom is -0.481 e. The third-order valence-electron chi connectivity index (χ3n) is 4.47. The van der Waals surface area contributed by atoms with E-state index in [9.17, 15) is 9.59 Å². The number of carbonyl (C=O) groups is 2. The van der Waals surface area contributed by atoms with Crippen molar-refractivity contribution >= 4 is 28.2 Å². The Kier molecular flexibility index (Phi) is 6.90. The minimum atomic E-state index is -0.733. The number of hydrogen-bond donors (Lipinski definition) is 1. The van der Waals surface area contributed by atoms with E-state index in [2.05, 4.69) is 5.32 Å². The van der Waals surface area contributed by atoms with Crippen molar-refractivity contribution in [2.45, 2.75) is 33.8 Å². The van der Waals surface area contributed by atoms with E-state index >= 15 is 0 Å². The number of esters is 1. The smallest absolute Gasteiger partial charge is 0.341 e. The number of thiophene rings is 1. The zero-order valence-corrected chi connectivity index (χ0v) is 18.3. The van der Waals surface area contributed by atoms with Crippen molar-refractivity contribution in [3.05, 3.63) is 70.6 Å². The second-order valence-electron chi connectivity index (χ2n) is 7.01. The largest absolute Gasteiger partial charge is 0.481 e. The molecular formula is C24H25NO4S. The maximum absolute atomic E-state index is 12.8. The summed E-state index contributed by atoms with van der Waals surface area (Å²) in [6.07, 6.45) is -0.733. The van der Waals surface area contributed by atoms with Gasteiger partial charge in [0.05, 0.1) is 6.61 Å². The van der Waals surface area contributed by atoms with E-state index < -0.39 is 12.1 Å². The molecule has 1 amide bonds. The van der Waals surface area contributed by atoms with Crippen LogP contribution in [0.1, 0.15) is 35.3 Å². The van der Waals surface area contributed by atoms with Crippen LogP contribution in [-0.2, 0) is 9.53 Å². The van der Waals surface area contributed by atoms with Crippen LogP contribution in [0.15, 0.2) is 53.9 Å². The summed E-state index contributed by atoms with van der Waals surface area (Å²) < 4.78 is 11.1. The van der Waals surface area contributed by atoms with Gasteiger partial charge in [0, 0.05) is 10.9 Å². The van der Waals surface area contributed by atoms with Gasteiger partial charge < -0.3 is 14.8 Å². The van der Waals surface area contributed by atoms with E-state index in [1.165, 1.54) is 11.3 Å². The third-order valence-corrected chi connectivity index (χ3v) is 5.36. The Hall–Kier alpha value is -3.12. The van der Waals surface area contributed by atoms with Crippen molar-refractivity contribution in [2.75, 3.05) is 11.9 Å². The average Bonchev–Trinajstić information content (AvgIpc) is 3.11. The highest BCUT2D eigenvalue weighted by molar-refractivity contribution is 7.15. The number of carbonyl (C=O) groups excluding carboxylic acids is 2. The molecule has 0 saturated heterocycles. The zero-order chi connectivity index (χ0) is 21.7. The highest BCUT2D eigenvalue weighted by Gasteiger charge is 2.24. The first-order valence-electron chi connectivity index (χ1n) is 9.79. The molecule has 1 atom stereocenters. The lowest BCUT2D eigenvalue weighted by Gasteiger charge is -2.16. The fourth-order valence-electron chi connectivity index (χ4n) is 3.16. The zero-order valence-electron chi connectivity index (χ0n) is 17.5. The molecular weight excluding hydrogens is 398 g/mol. The summed E-state index contributed by atoms with van der Waals surface area (Å²) in [5, 5.41) is 5.15. The predicted octanol–water partition coefficient (Wildman–Crippen LogP) is 5.61. The SMILES string of the molecule is CCOC(=O)c1c(-c2ccccc2)csc1NC(=O)C(C)Oc1cc(C)cc(C)c1. The van der Waals surface area contributed by atoms with Crippen molar-refractivity contribution in [1.29, 1.82) is 0 Å². The Labute approximate surface area is 180 Å². The molecule has 0 aliphatic carbocycles. The van der Waals surface area contributed by atoms with Gasteiger partial charge in [-0.15, -0.1) is 11.3 Å². The lowest BCUT2D eigenvalue weighted by molar-refractivity contribution is -0.122. The maximum atomic E-state index is 12.8. The molecule has 0 aliphatic rings. The van der Waals surface area contributed by atoms with E-state index in [-0.39, 0.29) is 12.5 Å². The second-order valence-corrected chi connectivity index (χ2v) is 7.89. The Morgan fingerprint density at radius 2 is 1.73 bits per heavy atom. The Bertz CT molecular complexity index is 1020. The lowest BCUT2D eigenvalue weighted by atomic mass is 10.0. The summed E-state index contributed by atoms with van der Waals surface area (Å²) in [5.74, 6) is -0.158. The Morgan fingerprint density at radius 3 is 2.37 bits per heavy atom. The summed E-state index contributed by atoms with van der Waals surface area (Å²) in [7, 11) is 0. The molecule has 3 aromatic rings. The average molecular weight is 424 g/mol. The molecule has 30 heavy (non-hydrogen) atoms. The summed E-state index contributed by atoms with van der Waals surface area (Å²) in [4.78, 5) is 25.4. The molecule has 156 valence electrons. The summed E-state index contributed by atoms with van der Waals surface area (Å²) >= 11 is 1.29. The van der Waals surface area contributed by atoms with Crippen LogP contribution in [0.4, 0.5) is 5.00 Å². The fraction of sp³-hybridized carbons (Fsp3) is 0.250. The van der Waals surface area contributed by atoms with E-state index in [0.29, 0.717) is 16.3 Å². The van der Waals surface area contributed by atoms with Gasteiger partial charge >= 0.3 is 5.97 Å². The number of hydrogen-bond acceptors (Lipinski definition) is 5. The molecule has 0 spiro atoms. The normalized spacial score (nSPS) is 11.6. The number of nitrogens with one attached hydrogen (secondary N) is 1. The van der Waals surface area contributed by atoms with Gasteiger partial charge in [0.1, 0.15) is 16.3 Å². The van der Waals surface area contributed by atoms with Crippen molar-refractivity contribution < 1.29 is 19.1 Å². The number of ether oxygens (including phenoxy) is 2. The van der Waals surface area contributed by atoms with Crippen molar-refractivity contribution in [1.82, 2.24) is 0 Å². The number of anilines is 1. The fourth-order valence-corrected chi connectivity index (χ4v) is 4.12. The second kappa shape index (κ2) is 9.59. The van der Waals surface area contributed by atoms with Crippen LogP contribution in [0.25, 0.3) is 11.1 Å². The van der Waals surface area contributed by atoms with Gasteiger partial charge in [0.2, 0.25) is 0 Å². The molecule has 1 unspecified atom stereocenters. The van der Waals surface area contributed by atoms with E-state index in [1.54, 1.807) is 13.8 Å². The van der Waals surface area contributed by atoms with Gasteiger partial charge in [-0.25, -0.2) is 4.79 Å². The van der Waals surface area contributed by atoms with Crippen LogP contribution in [0.3, 0.4) is 0 Å². The Balaban J connectivity index is 1.83. The molecule has 0 bridgehead atoms. The summed E-state index contributed by atoms with van der Waals surface area (Å²) in [5.41, 5.74) is 4.11. The minimum absolute atomic E-state index is 0.252. The summed E-state index contributed by atoms with van der Waals surface area (Å²) in [6.45, 7) is 7.65. The van der Waals surface area contributed by atoms with Crippen LogP contribution in [0.5, 0.6) is 5.75 Å². The van der Waals surface area contributed by atoms with Gasteiger partial charge in [-0.05, 0) is 56.5 Å². The monoisotopic (exact) mass is 423 g/mol. The first kappa shape index (κ1) is 21.6. The highest BCUT2D eigenvalue weighted by atomic mass is 32.1. The first-order chi connectivity index (χ1) is 14.4. The number of aryl methyl sites for hydroxylation is 2. The van der Waals surface area contributed by atoms with Gasteiger partial charge in [-0.3, -0.25) is 4.79 Å².